The van der Waals surface area contributed by atoms with E-state index in [0.717, 1.165) is 17.3 Å². The molecule has 0 bridgehead atoms. The van der Waals surface area contributed by atoms with Gasteiger partial charge < -0.3 is 10.1 Å². The summed E-state index contributed by atoms with van der Waals surface area (Å²) in [6, 6.07) is 11.3. The van der Waals surface area contributed by atoms with Gasteiger partial charge in [-0.1, -0.05) is 15.9 Å². The van der Waals surface area contributed by atoms with Crippen molar-refractivity contribution in [3.05, 3.63) is 52.5 Å². The normalized spacial score (nSPS) is 14.0. The van der Waals surface area contributed by atoms with Gasteiger partial charge >= 0.3 is 0 Å². The van der Waals surface area contributed by atoms with E-state index in [1.54, 1.807) is 30.3 Å². The highest BCUT2D eigenvalue weighted by Gasteiger charge is 2.26. The second-order valence-corrected chi connectivity index (χ2v) is 8.29. The van der Waals surface area contributed by atoms with Crippen molar-refractivity contribution >= 4 is 37.5 Å². The maximum absolute atomic E-state index is 12.7. The quantitative estimate of drug-likeness (QED) is 0.745. The average molecular weight is 425 g/mol. The van der Waals surface area contributed by atoms with Crippen LogP contribution in [0.4, 0.5) is 5.69 Å². The van der Waals surface area contributed by atoms with E-state index in [4.69, 9.17) is 4.74 Å². The molecule has 1 amide bonds. The van der Waals surface area contributed by atoms with Crippen LogP contribution < -0.4 is 14.8 Å². The molecule has 0 saturated heterocycles. The van der Waals surface area contributed by atoms with E-state index in [1.807, 2.05) is 0 Å². The third kappa shape index (κ3) is 4.32. The molecule has 0 radical (unpaired) electrons. The van der Waals surface area contributed by atoms with Gasteiger partial charge in [-0.25, -0.2) is 8.42 Å². The number of hydrogen-bond donors (Lipinski definition) is 2. The first kappa shape index (κ1) is 17.8. The number of ether oxygens (including phenoxy) is 1. The van der Waals surface area contributed by atoms with E-state index in [1.165, 1.54) is 19.2 Å². The summed E-state index contributed by atoms with van der Waals surface area (Å²) >= 11 is 3.30. The van der Waals surface area contributed by atoms with Crippen LogP contribution in [-0.2, 0) is 10.0 Å². The summed E-state index contributed by atoms with van der Waals surface area (Å²) in [7, 11) is -2.52. The monoisotopic (exact) mass is 424 g/mol. The van der Waals surface area contributed by atoms with Crippen molar-refractivity contribution in [2.75, 3.05) is 11.8 Å². The van der Waals surface area contributed by atoms with Crippen molar-refractivity contribution < 1.29 is 17.9 Å². The van der Waals surface area contributed by atoms with Crippen LogP contribution in [0.25, 0.3) is 0 Å². The summed E-state index contributed by atoms with van der Waals surface area (Å²) in [6.45, 7) is 0. The zero-order valence-electron chi connectivity index (χ0n) is 13.5. The number of sulfonamides is 1. The Morgan fingerprint density at radius 3 is 2.44 bits per heavy atom. The molecule has 3 rings (SSSR count). The molecule has 0 unspecified atom stereocenters. The Labute approximate surface area is 154 Å². The van der Waals surface area contributed by atoms with Crippen LogP contribution in [-0.4, -0.2) is 27.5 Å². The largest absolute Gasteiger partial charge is 0.495 e. The third-order valence-electron chi connectivity index (χ3n) is 3.72. The number of amides is 1. The Kier molecular flexibility index (Phi) is 5.01. The number of methoxy groups -OCH3 is 1. The first-order valence-corrected chi connectivity index (χ1v) is 9.94. The average Bonchev–Trinajstić information content (AvgIpc) is 3.40. The fraction of sp³-hybridized carbons (Fsp3) is 0.235. The molecule has 2 N–H and O–H groups in total. The summed E-state index contributed by atoms with van der Waals surface area (Å²) in [4.78, 5) is 12.1. The van der Waals surface area contributed by atoms with Crippen LogP contribution in [0.15, 0.2) is 51.8 Å². The minimum atomic E-state index is -3.91. The molecular weight excluding hydrogens is 408 g/mol. The minimum Gasteiger partial charge on any atom is -0.495 e. The highest BCUT2D eigenvalue weighted by molar-refractivity contribution is 9.10. The predicted molar refractivity (Wildman–Crippen MR) is 98.4 cm³/mol. The van der Waals surface area contributed by atoms with Crippen molar-refractivity contribution in [3.8, 4) is 5.75 Å². The SMILES string of the molecule is COc1ccc(C(=O)NC2CC2)cc1S(=O)(=O)Nc1ccc(Br)cc1. The van der Waals surface area contributed by atoms with Gasteiger partial charge in [0.15, 0.2) is 0 Å². The van der Waals surface area contributed by atoms with Crippen molar-refractivity contribution in [2.45, 2.75) is 23.8 Å². The molecule has 0 aliphatic heterocycles. The summed E-state index contributed by atoms with van der Waals surface area (Å²) in [6.07, 6.45) is 1.91. The van der Waals surface area contributed by atoms with Crippen molar-refractivity contribution in [1.29, 1.82) is 0 Å². The number of nitrogens with one attached hydrogen (secondary N) is 2. The van der Waals surface area contributed by atoms with E-state index >= 15 is 0 Å². The van der Waals surface area contributed by atoms with Gasteiger partial charge in [0.1, 0.15) is 10.6 Å². The first-order valence-electron chi connectivity index (χ1n) is 7.66. The molecule has 1 saturated carbocycles. The van der Waals surface area contributed by atoms with Crippen LogP contribution in [0.1, 0.15) is 23.2 Å². The number of hydrogen-bond acceptors (Lipinski definition) is 4. The highest BCUT2D eigenvalue weighted by atomic mass is 79.9. The second kappa shape index (κ2) is 7.05. The van der Waals surface area contributed by atoms with E-state index in [-0.39, 0.29) is 28.2 Å². The number of carbonyl (C=O) groups excluding carboxylic acids is 1. The van der Waals surface area contributed by atoms with Gasteiger partial charge in [0.05, 0.1) is 7.11 Å². The number of rotatable bonds is 6. The van der Waals surface area contributed by atoms with Gasteiger partial charge in [-0.3, -0.25) is 9.52 Å². The van der Waals surface area contributed by atoms with E-state index in [9.17, 15) is 13.2 Å². The molecule has 25 heavy (non-hydrogen) atoms. The van der Waals surface area contributed by atoms with Crippen LogP contribution >= 0.6 is 15.9 Å². The van der Waals surface area contributed by atoms with Gasteiger partial charge in [0.25, 0.3) is 15.9 Å². The molecule has 0 spiro atoms. The Balaban J connectivity index is 1.92. The second-order valence-electron chi connectivity index (χ2n) is 5.73. The summed E-state index contributed by atoms with van der Waals surface area (Å²) in [5.74, 6) is -0.113. The van der Waals surface area contributed by atoms with Crippen LogP contribution in [0.5, 0.6) is 5.75 Å². The van der Waals surface area contributed by atoms with Gasteiger partial charge in [-0.15, -0.1) is 0 Å². The molecule has 8 heteroatoms. The van der Waals surface area contributed by atoms with E-state index in [2.05, 4.69) is 26.0 Å². The number of benzene rings is 2. The Morgan fingerprint density at radius 1 is 1.16 bits per heavy atom. The van der Waals surface area contributed by atoms with Crippen molar-refractivity contribution in [1.82, 2.24) is 5.32 Å². The van der Waals surface area contributed by atoms with Crippen molar-refractivity contribution in [3.63, 3.8) is 0 Å². The summed E-state index contributed by atoms with van der Waals surface area (Å²) in [5.41, 5.74) is 0.696. The maximum Gasteiger partial charge on any atom is 0.265 e. The fourth-order valence-corrected chi connectivity index (χ4v) is 3.77. The number of halogens is 1. The molecular formula is C17H17BrN2O4S. The molecule has 1 fully saturated rings. The van der Waals surface area contributed by atoms with Crippen LogP contribution in [0.3, 0.4) is 0 Å². The lowest BCUT2D eigenvalue weighted by atomic mass is 10.2. The molecule has 1 aliphatic rings. The van der Waals surface area contributed by atoms with Gasteiger partial charge in [0, 0.05) is 21.8 Å². The summed E-state index contributed by atoms with van der Waals surface area (Å²) in [5, 5.41) is 2.84. The van der Waals surface area contributed by atoms with Crippen molar-refractivity contribution in [2.24, 2.45) is 0 Å². The molecule has 2 aromatic carbocycles. The van der Waals surface area contributed by atoms with Gasteiger partial charge in [-0.2, -0.15) is 0 Å². The zero-order chi connectivity index (χ0) is 18.0. The van der Waals surface area contributed by atoms with Gasteiger partial charge in [-0.05, 0) is 55.3 Å². The Morgan fingerprint density at radius 2 is 1.84 bits per heavy atom. The van der Waals surface area contributed by atoms with E-state index < -0.39 is 10.0 Å². The Bertz CT molecular complexity index is 893. The van der Waals surface area contributed by atoms with Crippen LogP contribution in [0, 0.1) is 0 Å². The van der Waals surface area contributed by atoms with E-state index in [0.29, 0.717) is 5.69 Å². The highest BCUT2D eigenvalue weighted by Crippen LogP contribution is 2.28. The third-order valence-corrected chi connectivity index (χ3v) is 5.66. The molecule has 0 aromatic heterocycles. The Hall–Kier alpha value is -2.06. The lowest BCUT2D eigenvalue weighted by Gasteiger charge is -2.13. The summed E-state index contributed by atoms with van der Waals surface area (Å²) < 4.78 is 34.0. The van der Waals surface area contributed by atoms with Gasteiger partial charge in [0.2, 0.25) is 0 Å². The first-order chi connectivity index (χ1) is 11.9. The maximum atomic E-state index is 12.7. The van der Waals surface area contributed by atoms with Crippen LogP contribution in [0.2, 0.25) is 0 Å². The molecule has 6 nitrogen and oxygen atoms in total. The lowest BCUT2D eigenvalue weighted by Crippen LogP contribution is -2.25. The number of anilines is 1. The zero-order valence-corrected chi connectivity index (χ0v) is 15.9. The standard InChI is InChI=1S/C17H17BrN2O4S/c1-24-15-9-2-11(17(21)19-13-7-8-13)10-16(15)25(22,23)20-14-5-3-12(18)4-6-14/h2-6,9-10,13,20H,7-8H2,1H3,(H,19,21). The molecule has 0 heterocycles. The smallest absolute Gasteiger partial charge is 0.265 e. The fourth-order valence-electron chi connectivity index (χ4n) is 2.25. The number of carbonyl (C=O) groups is 1. The molecule has 132 valence electrons. The predicted octanol–water partition coefficient (Wildman–Crippen LogP) is 3.15. The topological polar surface area (TPSA) is 84.5 Å². The lowest BCUT2D eigenvalue weighted by molar-refractivity contribution is 0.0951. The minimum absolute atomic E-state index is 0.0821. The molecule has 1 aliphatic carbocycles. The molecule has 2 aromatic rings. The molecule has 0 atom stereocenters.